The molecule has 0 bridgehead atoms. The van der Waals surface area contributed by atoms with Crippen molar-refractivity contribution in [1.29, 1.82) is 0 Å². The Balaban J connectivity index is 1.43. The molecular weight excluding hydrogens is 472 g/mol. The van der Waals surface area contributed by atoms with Crippen LogP contribution < -0.4 is 0 Å². The summed E-state index contributed by atoms with van der Waals surface area (Å²) < 4.78 is 29.3. The van der Waals surface area contributed by atoms with Crippen molar-refractivity contribution < 1.29 is 33.9 Å². The maximum atomic E-state index is 9.69. The fourth-order valence-corrected chi connectivity index (χ4v) is 3.48. The number of hydrogen-bond donors (Lipinski definition) is 2. The smallest absolute Gasteiger partial charge is 0.105 e. The van der Waals surface area contributed by atoms with Gasteiger partial charge in [0.2, 0.25) is 0 Å². The van der Waals surface area contributed by atoms with Crippen molar-refractivity contribution in [2.24, 2.45) is 0 Å². The second-order valence-electron chi connectivity index (χ2n) is 8.70. The minimum Gasteiger partial charge on any atom is -0.394 e. The van der Waals surface area contributed by atoms with Gasteiger partial charge in [-0.15, -0.1) is 0 Å². The van der Waals surface area contributed by atoms with Crippen LogP contribution in [0.5, 0.6) is 0 Å². The first-order valence-corrected chi connectivity index (χ1v) is 12.6. The monoisotopic (exact) mass is 510 g/mol. The summed E-state index contributed by atoms with van der Waals surface area (Å²) in [6, 6.07) is 29.5. The molecule has 0 saturated heterocycles. The summed E-state index contributed by atoms with van der Waals surface area (Å²) in [7, 11) is 0. The van der Waals surface area contributed by atoms with Gasteiger partial charge in [-0.2, -0.15) is 0 Å². The molecule has 0 heterocycles. The van der Waals surface area contributed by atoms with E-state index in [9.17, 15) is 10.2 Å². The Labute approximate surface area is 219 Å². The van der Waals surface area contributed by atoms with Crippen LogP contribution >= 0.6 is 0 Å². The fraction of sp³-hybridized carbons (Fsp3) is 0.400. The molecular formula is C30H38O7. The Morgan fingerprint density at radius 2 is 0.730 bits per heavy atom. The summed E-state index contributed by atoms with van der Waals surface area (Å²) in [5.74, 6) is 0. The highest BCUT2D eigenvalue weighted by atomic mass is 16.6. The maximum Gasteiger partial charge on any atom is 0.105 e. The Morgan fingerprint density at radius 3 is 1.05 bits per heavy atom. The zero-order valence-electron chi connectivity index (χ0n) is 21.2. The molecule has 200 valence electrons. The summed E-state index contributed by atoms with van der Waals surface area (Å²) in [4.78, 5) is 0. The van der Waals surface area contributed by atoms with Crippen LogP contribution in [0.1, 0.15) is 16.7 Å². The summed E-state index contributed by atoms with van der Waals surface area (Å²) in [6.07, 6.45) is -1.23. The zero-order valence-corrected chi connectivity index (χ0v) is 21.2. The van der Waals surface area contributed by atoms with E-state index in [1.807, 2.05) is 91.0 Å². The second kappa shape index (κ2) is 17.8. The van der Waals surface area contributed by atoms with Gasteiger partial charge >= 0.3 is 0 Å². The summed E-state index contributed by atoms with van der Waals surface area (Å²) >= 11 is 0. The Morgan fingerprint density at radius 1 is 0.432 bits per heavy atom. The molecule has 0 amide bonds. The highest BCUT2D eigenvalue weighted by Crippen LogP contribution is 2.09. The molecule has 3 rings (SSSR count). The van der Waals surface area contributed by atoms with Crippen molar-refractivity contribution in [2.45, 2.75) is 38.1 Å². The van der Waals surface area contributed by atoms with Gasteiger partial charge in [-0.1, -0.05) is 91.0 Å². The Bertz CT molecular complexity index is 882. The van der Waals surface area contributed by atoms with E-state index in [1.54, 1.807) is 0 Å². The van der Waals surface area contributed by atoms with E-state index in [0.717, 1.165) is 16.7 Å². The lowest BCUT2D eigenvalue weighted by Crippen LogP contribution is -2.32. The molecule has 0 saturated carbocycles. The van der Waals surface area contributed by atoms with E-state index in [-0.39, 0.29) is 45.7 Å². The van der Waals surface area contributed by atoms with Gasteiger partial charge in [0.1, 0.15) is 18.3 Å². The second-order valence-corrected chi connectivity index (χ2v) is 8.70. The number of aliphatic hydroxyl groups is 2. The standard InChI is InChI=1S/C30H38O7/c31-16-28(35-18-25-10-4-1-5-11-25)21-33-23-30(37-20-27-14-8-3-9-15-27)24-34-22-29(17-32)36-19-26-12-6-2-7-13-26/h1-15,28-32H,16-24H2. The number of aliphatic hydroxyl groups excluding tert-OH is 2. The SMILES string of the molecule is OCC(COCC(COCC(CO)OCc1ccccc1)OCc1ccccc1)OCc1ccccc1. The van der Waals surface area contributed by atoms with Crippen molar-refractivity contribution in [3.05, 3.63) is 108 Å². The highest BCUT2D eigenvalue weighted by molar-refractivity contribution is 5.14. The maximum absolute atomic E-state index is 9.69. The van der Waals surface area contributed by atoms with Crippen LogP contribution in [0.15, 0.2) is 91.0 Å². The number of rotatable bonds is 19. The molecule has 0 aliphatic heterocycles. The van der Waals surface area contributed by atoms with E-state index in [0.29, 0.717) is 19.8 Å². The van der Waals surface area contributed by atoms with Crippen LogP contribution in [-0.4, -0.2) is 68.2 Å². The average molecular weight is 511 g/mol. The van der Waals surface area contributed by atoms with Gasteiger partial charge < -0.3 is 33.9 Å². The van der Waals surface area contributed by atoms with E-state index in [4.69, 9.17) is 23.7 Å². The van der Waals surface area contributed by atoms with Crippen LogP contribution in [0.25, 0.3) is 0 Å². The molecule has 7 heteroatoms. The quantitative estimate of drug-likeness (QED) is 0.254. The normalized spacial score (nSPS) is 13.8. The molecule has 3 aromatic rings. The van der Waals surface area contributed by atoms with Gasteiger partial charge in [0.05, 0.1) is 59.5 Å². The summed E-state index contributed by atoms with van der Waals surface area (Å²) in [6.45, 7) is 1.93. The molecule has 2 unspecified atom stereocenters. The van der Waals surface area contributed by atoms with Gasteiger partial charge in [-0.05, 0) is 16.7 Å². The number of ether oxygens (including phenoxy) is 5. The third-order valence-corrected chi connectivity index (χ3v) is 5.61. The molecule has 0 aliphatic rings. The van der Waals surface area contributed by atoms with E-state index in [2.05, 4.69) is 0 Å². The van der Waals surface area contributed by atoms with E-state index in [1.165, 1.54) is 0 Å². The molecule has 0 aliphatic carbocycles. The molecule has 37 heavy (non-hydrogen) atoms. The largest absolute Gasteiger partial charge is 0.394 e. The lowest BCUT2D eigenvalue weighted by molar-refractivity contribution is -0.109. The van der Waals surface area contributed by atoms with Gasteiger partial charge in [0, 0.05) is 0 Å². The minimum atomic E-state index is -0.443. The first kappa shape index (κ1) is 28.9. The molecule has 2 N–H and O–H groups in total. The van der Waals surface area contributed by atoms with Crippen molar-refractivity contribution in [2.75, 3.05) is 39.6 Å². The van der Waals surface area contributed by atoms with Crippen molar-refractivity contribution in [3.63, 3.8) is 0 Å². The van der Waals surface area contributed by atoms with E-state index < -0.39 is 12.2 Å². The molecule has 0 fully saturated rings. The topological polar surface area (TPSA) is 86.6 Å². The van der Waals surface area contributed by atoms with Crippen LogP contribution in [0, 0.1) is 0 Å². The molecule has 3 aromatic carbocycles. The Kier molecular flexibility index (Phi) is 13.9. The van der Waals surface area contributed by atoms with Crippen molar-refractivity contribution >= 4 is 0 Å². The van der Waals surface area contributed by atoms with E-state index >= 15 is 0 Å². The van der Waals surface area contributed by atoms with Crippen molar-refractivity contribution in [3.8, 4) is 0 Å². The third-order valence-electron chi connectivity index (χ3n) is 5.61. The number of hydrogen-bond acceptors (Lipinski definition) is 7. The molecule has 0 spiro atoms. The van der Waals surface area contributed by atoms with Crippen LogP contribution in [0.4, 0.5) is 0 Å². The Hall–Kier alpha value is -2.62. The zero-order chi connectivity index (χ0) is 26.0. The van der Waals surface area contributed by atoms with Gasteiger partial charge in [-0.25, -0.2) is 0 Å². The molecule has 0 radical (unpaired) electrons. The lowest BCUT2D eigenvalue weighted by Gasteiger charge is -2.22. The van der Waals surface area contributed by atoms with Crippen LogP contribution in [-0.2, 0) is 43.5 Å². The fourth-order valence-electron chi connectivity index (χ4n) is 3.48. The van der Waals surface area contributed by atoms with Crippen LogP contribution in [0.3, 0.4) is 0 Å². The summed E-state index contributed by atoms with van der Waals surface area (Å²) in [5.41, 5.74) is 3.11. The summed E-state index contributed by atoms with van der Waals surface area (Å²) in [5, 5.41) is 19.4. The predicted octanol–water partition coefficient (Wildman–Crippen LogP) is 3.76. The molecule has 0 aromatic heterocycles. The third kappa shape index (κ3) is 12.0. The van der Waals surface area contributed by atoms with Gasteiger partial charge in [0.25, 0.3) is 0 Å². The van der Waals surface area contributed by atoms with Gasteiger partial charge in [0.15, 0.2) is 0 Å². The minimum absolute atomic E-state index is 0.143. The lowest BCUT2D eigenvalue weighted by atomic mass is 10.2. The van der Waals surface area contributed by atoms with Gasteiger partial charge in [-0.3, -0.25) is 0 Å². The van der Waals surface area contributed by atoms with Crippen LogP contribution in [0.2, 0.25) is 0 Å². The average Bonchev–Trinajstić information content (AvgIpc) is 2.96. The molecule has 7 nitrogen and oxygen atoms in total. The predicted molar refractivity (Wildman–Crippen MR) is 141 cm³/mol. The first-order valence-electron chi connectivity index (χ1n) is 12.6. The first-order chi connectivity index (χ1) is 18.3. The highest BCUT2D eigenvalue weighted by Gasteiger charge is 2.16. The molecule has 2 atom stereocenters. The van der Waals surface area contributed by atoms with Crippen molar-refractivity contribution in [1.82, 2.24) is 0 Å². The number of benzene rings is 3.